The Labute approximate surface area is 111 Å². The van der Waals surface area contributed by atoms with E-state index in [4.69, 9.17) is 27.3 Å². The van der Waals surface area contributed by atoms with Crippen LogP contribution in [0, 0.1) is 0 Å². The summed E-state index contributed by atoms with van der Waals surface area (Å²) in [6.07, 6.45) is 2.36. The Hall–Kier alpha value is -1.53. The summed E-state index contributed by atoms with van der Waals surface area (Å²) >= 11 is 6.05. The molecule has 3 N–H and O–H groups in total. The second-order valence-corrected chi connectivity index (χ2v) is 4.35. The zero-order valence-electron chi connectivity index (χ0n) is 10.4. The highest BCUT2D eigenvalue weighted by Crippen LogP contribution is 2.25. The summed E-state index contributed by atoms with van der Waals surface area (Å²) < 4.78 is 5.46. The average Bonchev–Trinajstić information content (AvgIpc) is 2.35. The predicted octanol–water partition coefficient (Wildman–Crippen LogP) is 1.16. The lowest BCUT2D eigenvalue weighted by Crippen LogP contribution is -2.17. The van der Waals surface area contributed by atoms with Gasteiger partial charge in [0.05, 0.1) is 6.61 Å². The van der Waals surface area contributed by atoms with E-state index in [1.807, 2.05) is 14.1 Å². The molecule has 100 valence electrons. The number of nitrogens with zero attached hydrogens (tertiary/aromatic N) is 3. The number of halogens is 1. The SMILES string of the molecule is CN(C)CCCOc1nccc(/C(N)=N/O)c1Cl. The molecule has 0 aliphatic carbocycles. The van der Waals surface area contributed by atoms with Crippen LogP contribution in [0.15, 0.2) is 17.4 Å². The zero-order chi connectivity index (χ0) is 13.5. The molecule has 1 aromatic heterocycles. The van der Waals surface area contributed by atoms with Crippen molar-refractivity contribution in [3.05, 3.63) is 22.8 Å². The molecule has 0 fully saturated rings. The van der Waals surface area contributed by atoms with Crippen molar-refractivity contribution >= 4 is 17.4 Å². The Morgan fingerprint density at radius 1 is 1.61 bits per heavy atom. The molecule has 0 saturated heterocycles. The first kappa shape index (κ1) is 14.5. The van der Waals surface area contributed by atoms with E-state index in [2.05, 4.69) is 15.0 Å². The lowest BCUT2D eigenvalue weighted by molar-refractivity contribution is 0.273. The number of nitrogens with two attached hydrogens (primary N) is 1. The minimum Gasteiger partial charge on any atom is -0.477 e. The Bertz CT molecular complexity index is 424. The fourth-order valence-corrected chi connectivity index (χ4v) is 1.59. The van der Waals surface area contributed by atoms with Crippen LogP contribution in [0.25, 0.3) is 0 Å². The molecule has 0 radical (unpaired) electrons. The van der Waals surface area contributed by atoms with Crippen LogP contribution in [-0.4, -0.2) is 48.2 Å². The molecule has 0 saturated carbocycles. The lowest BCUT2D eigenvalue weighted by atomic mass is 10.2. The van der Waals surface area contributed by atoms with Crippen molar-refractivity contribution < 1.29 is 9.94 Å². The first-order valence-corrected chi connectivity index (χ1v) is 5.84. The molecule has 0 aliphatic rings. The minimum absolute atomic E-state index is 0.0689. The van der Waals surface area contributed by atoms with Gasteiger partial charge in [-0.2, -0.15) is 0 Å². The van der Waals surface area contributed by atoms with Crippen LogP contribution in [0.4, 0.5) is 0 Å². The van der Waals surface area contributed by atoms with E-state index in [0.29, 0.717) is 18.1 Å². The van der Waals surface area contributed by atoms with Gasteiger partial charge >= 0.3 is 0 Å². The van der Waals surface area contributed by atoms with Crippen molar-refractivity contribution in [1.29, 1.82) is 0 Å². The second-order valence-electron chi connectivity index (χ2n) is 3.97. The van der Waals surface area contributed by atoms with Gasteiger partial charge in [0.2, 0.25) is 5.88 Å². The van der Waals surface area contributed by atoms with Crippen LogP contribution < -0.4 is 10.5 Å². The number of oxime groups is 1. The van der Waals surface area contributed by atoms with Gasteiger partial charge in [0.25, 0.3) is 0 Å². The number of pyridine rings is 1. The van der Waals surface area contributed by atoms with Crippen molar-refractivity contribution in [2.45, 2.75) is 6.42 Å². The van der Waals surface area contributed by atoms with Crippen LogP contribution in [0.3, 0.4) is 0 Å². The van der Waals surface area contributed by atoms with E-state index in [0.717, 1.165) is 13.0 Å². The number of ether oxygens (including phenoxy) is 1. The fraction of sp³-hybridized carbons (Fsp3) is 0.455. The molecule has 18 heavy (non-hydrogen) atoms. The van der Waals surface area contributed by atoms with Crippen molar-refractivity contribution in [1.82, 2.24) is 9.88 Å². The Balaban J connectivity index is 2.67. The molecule has 0 aromatic carbocycles. The molecule has 0 bridgehead atoms. The van der Waals surface area contributed by atoms with Gasteiger partial charge in [-0.15, -0.1) is 0 Å². The highest BCUT2D eigenvalue weighted by Gasteiger charge is 2.12. The lowest BCUT2D eigenvalue weighted by Gasteiger charge is -2.11. The topological polar surface area (TPSA) is 84.0 Å². The van der Waals surface area contributed by atoms with Gasteiger partial charge in [-0.1, -0.05) is 16.8 Å². The summed E-state index contributed by atoms with van der Waals surface area (Å²) in [5, 5.41) is 11.8. The number of hydrogen-bond acceptors (Lipinski definition) is 5. The van der Waals surface area contributed by atoms with E-state index in [9.17, 15) is 0 Å². The smallest absolute Gasteiger partial charge is 0.233 e. The second kappa shape index (κ2) is 7.03. The summed E-state index contributed by atoms with van der Waals surface area (Å²) in [6, 6.07) is 1.56. The monoisotopic (exact) mass is 272 g/mol. The van der Waals surface area contributed by atoms with Crippen LogP contribution in [0.1, 0.15) is 12.0 Å². The van der Waals surface area contributed by atoms with Gasteiger partial charge in [-0.25, -0.2) is 4.98 Å². The number of rotatable bonds is 6. The van der Waals surface area contributed by atoms with Gasteiger partial charge in [0, 0.05) is 18.3 Å². The third kappa shape index (κ3) is 4.05. The molecule has 0 spiro atoms. The highest BCUT2D eigenvalue weighted by atomic mass is 35.5. The Morgan fingerprint density at radius 2 is 2.33 bits per heavy atom. The van der Waals surface area contributed by atoms with E-state index < -0.39 is 0 Å². The molecule has 7 heteroatoms. The quantitative estimate of drug-likeness (QED) is 0.267. The van der Waals surface area contributed by atoms with E-state index >= 15 is 0 Å². The number of amidine groups is 1. The van der Waals surface area contributed by atoms with Gasteiger partial charge in [0.15, 0.2) is 5.84 Å². The Morgan fingerprint density at radius 3 is 2.94 bits per heavy atom. The molecule has 0 unspecified atom stereocenters. The first-order valence-electron chi connectivity index (χ1n) is 5.46. The summed E-state index contributed by atoms with van der Waals surface area (Å²) in [4.78, 5) is 6.07. The number of hydrogen-bond donors (Lipinski definition) is 2. The fourth-order valence-electron chi connectivity index (χ4n) is 1.33. The molecule has 0 amide bonds. The third-order valence-corrected chi connectivity index (χ3v) is 2.59. The molecule has 1 aromatic rings. The largest absolute Gasteiger partial charge is 0.477 e. The highest BCUT2D eigenvalue weighted by molar-refractivity contribution is 6.35. The summed E-state index contributed by atoms with van der Waals surface area (Å²) in [5.74, 6) is 0.222. The summed E-state index contributed by atoms with van der Waals surface area (Å²) in [6.45, 7) is 1.42. The summed E-state index contributed by atoms with van der Waals surface area (Å²) in [5.41, 5.74) is 5.88. The molecule has 0 atom stereocenters. The maximum atomic E-state index is 8.62. The molecular formula is C11H17ClN4O2. The maximum absolute atomic E-state index is 8.62. The summed E-state index contributed by atoms with van der Waals surface area (Å²) in [7, 11) is 3.98. The molecule has 0 aliphatic heterocycles. The van der Waals surface area contributed by atoms with Gasteiger partial charge in [0.1, 0.15) is 5.02 Å². The maximum Gasteiger partial charge on any atom is 0.233 e. The molecule has 1 heterocycles. The van der Waals surface area contributed by atoms with Crippen LogP contribution in [-0.2, 0) is 0 Å². The van der Waals surface area contributed by atoms with Crippen LogP contribution >= 0.6 is 11.6 Å². The van der Waals surface area contributed by atoms with Crippen LogP contribution in [0.5, 0.6) is 5.88 Å². The zero-order valence-corrected chi connectivity index (χ0v) is 11.2. The van der Waals surface area contributed by atoms with E-state index in [-0.39, 0.29) is 10.9 Å². The normalized spacial score (nSPS) is 11.9. The van der Waals surface area contributed by atoms with E-state index in [1.54, 1.807) is 6.07 Å². The van der Waals surface area contributed by atoms with Gasteiger partial charge in [-0.3, -0.25) is 0 Å². The van der Waals surface area contributed by atoms with Crippen molar-refractivity contribution in [2.24, 2.45) is 10.9 Å². The third-order valence-electron chi connectivity index (χ3n) is 2.23. The predicted molar refractivity (Wildman–Crippen MR) is 70.4 cm³/mol. The number of aromatic nitrogens is 1. The molecular weight excluding hydrogens is 256 g/mol. The van der Waals surface area contributed by atoms with Crippen molar-refractivity contribution in [3.63, 3.8) is 0 Å². The average molecular weight is 273 g/mol. The van der Waals surface area contributed by atoms with Gasteiger partial charge < -0.3 is 20.6 Å². The molecule has 1 rings (SSSR count). The molecule has 6 nitrogen and oxygen atoms in total. The van der Waals surface area contributed by atoms with Crippen LogP contribution in [0.2, 0.25) is 5.02 Å². The van der Waals surface area contributed by atoms with Gasteiger partial charge in [-0.05, 0) is 26.6 Å². The standard InChI is InChI=1S/C11H17ClN4O2/c1-16(2)6-3-7-18-11-9(12)8(4-5-14-11)10(13)15-17/h4-5,17H,3,6-7H2,1-2H3,(H2,13,15). The van der Waals surface area contributed by atoms with Crippen molar-refractivity contribution in [2.75, 3.05) is 27.2 Å². The minimum atomic E-state index is -0.0689. The Kier molecular flexibility index (Phi) is 5.67. The first-order chi connectivity index (χ1) is 8.56. The van der Waals surface area contributed by atoms with Crippen molar-refractivity contribution in [3.8, 4) is 5.88 Å². The van der Waals surface area contributed by atoms with E-state index in [1.165, 1.54) is 6.20 Å².